The van der Waals surface area contributed by atoms with Crippen LogP contribution in [0.4, 0.5) is 5.13 Å². The van der Waals surface area contributed by atoms with Crippen molar-refractivity contribution in [2.75, 3.05) is 11.9 Å². The highest BCUT2D eigenvalue weighted by molar-refractivity contribution is 7.16. The van der Waals surface area contributed by atoms with Crippen LogP contribution in [0.5, 0.6) is 0 Å². The number of carbonyl (C=O) groups is 1. The molecule has 1 amide bonds. The average molecular weight is 280 g/mol. The largest absolute Gasteiger partial charge is 0.375 e. The van der Waals surface area contributed by atoms with Crippen molar-refractivity contribution in [2.24, 2.45) is 0 Å². The zero-order valence-corrected chi connectivity index (χ0v) is 11.5. The Hall–Kier alpha value is -1.24. The van der Waals surface area contributed by atoms with Gasteiger partial charge in [-0.15, -0.1) is 11.3 Å². The highest BCUT2D eigenvalue weighted by atomic mass is 32.1. The molecule has 0 unspecified atom stereocenters. The summed E-state index contributed by atoms with van der Waals surface area (Å²) in [6, 6.07) is 1.89. The van der Waals surface area contributed by atoms with E-state index in [4.69, 9.17) is 4.74 Å². The molecule has 0 saturated heterocycles. The van der Waals surface area contributed by atoms with E-state index >= 15 is 0 Å². The van der Waals surface area contributed by atoms with Crippen LogP contribution in [0.2, 0.25) is 0 Å². The van der Waals surface area contributed by atoms with E-state index in [9.17, 15) is 4.79 Å². The molecule has 1 aliphatic rings. The molecule has 2 aromatic rings. The molecule has 0 spiro atoms. The second kappa shape index (κ2) is 4.79. The molecule has 0 bridgehead atoms. The van der Waals surface area contributed by atoms with Gasteiger partial charge >= 0.3 is 0 Å². The first-order chi connectivity index (χ1) is 8.72. The second-order valence-corrected chi connectivity index (χ2v) is 6.13. The van der Waals surface area contributed by atoms with Crippen LogP contribution in [0.3, 0.4) is 0 Å². The maximum atomic E-state index is 12.0. The highest BCUT2D eigenvalue weighted by Gasteiger charge is 2.17. The standard InChI is InChI=1S/C12H12N2O2S2/c1-7-4-9(17-6-7)11(15)14-12-13-8-2-3-16-5-10(8)18-12/h4,6H,2-3,5H2,1H3,(H,13,14,15). The van der Waals surface area contributed by atoms with Gasteiger partial charge in [-0.2, -0.15) is 0 Å². The molecule has 0 radical (unpaired) electrons. The van der Waals surface area contributed by atoms with Crippen molar-refractivity contribution in [3.05, 3.63) is 32.5 Å². The molecule has 18 heavy (non-hydrogen) atoms. The zero-order valence-electron chi connectivity index (χ0n) is 9.86. The molecule has 4 nitrogen and oxygen atoms in total. The maximum Gasteiger partial charge on any atom is 0.267 e. The molecule has 1 N–H and O–H groups in total. The van der Waals surface area contributed by atoms with Crippen LogP contribution in [0, 0.1) is 6.92 Å². The Bertz CT molecular complexity index is 565. The first kappa shape index (κ1) is 11.8. The fourth-order valence-corrected chi connectivity index (χ4v) is 3.52. The minimum atomic E-state index is -0.0832. The van der Waals surface area contributed by atoms with Crippen molar-refractivity contribution in [2.45, 2.75) is 20.0 Å². The zero-order chi connectivity index (χ0) is 12.5. The Balaban J connectivity index is 1.76. The number of thiophene rings is 1. The molecule has 0 aliphatic carbocycles. The Labute approximate surface area is 113 Å². The number of hydrogen-bond donors (Lipinski definition) is 1. The van der Waals surface area contributed by atoms with Gasteiger partial charge in [-0.05, 0) is 23.9 Å². The number of aryl methyl sites for hydroxylation is 1. The lowest BCUT2D eigenvalue weighted by molar-refractivity contribution is 0.103. The third kappa shape index (κ3) is 2.31. The Morgan fingerprint density at radius 1 is 1.56 bits per heavy atom. The predicted molar refractivity (Wildman–Crippen MR) is 72.5 cm³/mol. The number of thiazole rings is 1. The summed E-state index contributed by atoms with van der Waals surface area (Å²) in [5, 5.41) is 5.49. The molecule has 0 saturated carbocycles. The number of aromatic nitrogens is 1. The van der Waals surface area contributed by atoms with Gasteiger partial charge in [0.15, 0.2) is 5.13 Å². The molecule has 3 rings (SSSR count). The first-order valence-corrected chi connectivity index (χ1v) is 7.35. The minimum Gasteiger partial charge on any atom is -0.375 e. The van der Waals surface area contributed by atoms with E-state index in [0.29, 0.717) is 18.3 Å². The van der Waals surface area contributed by atoms with Gasteiger partial charge in [0.1, 0.15) is 0 Å². The minimum absolute atomic E-state index is 0.0832. The number of nitrogens with one attached hydrogen (secondary N) is 1. The number of ether oxygens (including phenoxy) is 1. The number of anilines is 1. The molecule has 1 aliphatic heterocycles. The van der Waals surface area contributed by atoms with Crippen molar-refractivity contribution in [3.63, 3.8) is 0 Å². The lowest BCUT2D eigenvalue weighted by Crippen LogP contribution is -2.10. The van der Waals surface area contributed by atoms with Crippen LogP contribution in [0.15, 0.2) is 11.4 Å². The van der Waals surface area contributed by atoms with Crippen molar-refractivity contribution >= 4 is 33.7 Å². The summed E-state index contributed by atoms with van der Waals surface area (Å²) >= 11 is 2.95. The maximum absolute atomic E-state index is 12.0. The molecule has 0 aromatic carbocycles. The topological polar surface area (TPSA) is 51.2 Å². The Morgan fingerprint density at radius 2 is 2.44 bits per heavy atom. The van der Waals surface area contributed by atoms with Gasteiger partial charge in [0.2, 0.25) is 0 Å². The van der Waals surface area contributed by atoms with E-state index in [1.165, 1.54) is 22.7 Å². The Kier molecular flexibility index (Phi) is 3.15. The van der Waals surface area contributed by atoms with Crippen LogP contribution in [-0.4, -0.2) is 17.5 Å². The quantitative estimate of drug-likeness (QED) is 0.920. The summed E-state index contributed by atoms with van der Waals surface area (Å²) in [4.78, 5) is 18.3. The van der Waals surface area contributed by atoms with Crippen molar-refractivity contribution < 1.29 is 9.53 Å². The van der Waals surface area contributed by atoms with E-state index in [1.54, 1.807) is 0 Å². The van der Waals surface area contributed by atoms with Crippen molar-refractivity contribution in [3.8, 4) is 0 Å². The summed E-state index contributed by atoms with van der Waals surface area (Å²) in [6.07, 6.45) is 0.833. The number of nitrogens with zero attached hydrogens (tertiary/aromatic N) is 1. The summed E-state index contributed by atoms with van der Waals surface area (Å²) < 4.78 is 5.36. The summed E-state index contributed by atoms with van der Waals surface area (Å²) in [6.45, 7) is 3.31. The van der Waals surface area contributed by atoms with Gasteiger partial charge in [0.25, 0.3) is 5.91 Å². The summed E-state index contributed by atoms with van der Waals surface area (Å²) in [5.41, 5.74) is 2.17. The van der Waals surface area contributed by atoms with Crippen LogP contribution in [0.25, 0.3) is 0 Å². The number of rotatable bonds is 2. The fraction of sp³-hybridized carbons (Fsp3) is 0.333. The molecule has 94 valence electrons. The predicted octanol–water partition coefficient (Wildman–Crippen LogP) is 2.84. The molecule has 3 heterocycles. The summed E-state index contributed by atoms with van der Waals surface area (Å²) in [7, 11) is 0. The molecule has 2 aromatic heterocycles. The third-order valence-electron chi connectivity index (χ3n) is 2.67. The van der Waals surface area contributed by atoms with Crippen molar-refractivity contribution in [1.82, 2.24) is 4.98 Å². The lowest BCUT2D eigenvalue weighted by atomic mass is 10.2. The van der Waals surface area contributed by atoms with E-state index < -0.39 is 0 Å². The van der Waals surface area contributed by atoms with Gasteiger partial charge in [-0.1, -0.05) is 11.3 Å². The number of amides is 1. The lowest BCUT2D eigenvalue weighted by Gasteiger charge is -2.08. The van der Waals surface area contributed by atoms with E-state index in [-0.39, 0.29) is 5.91 Å². The Morgan fingerprint density at radius 3 is 3.17 bits per heavy atom. The van der Waals surface area contributed by atoms with Gasteiger partial charge in [-0.3, -0.25) is 10.1 Å². The van der Waals surface area contributed by atoms with Crippen LogP contribution < -0.4 is 5.32 Å². The monoisotopic (exact) mass is 280 g/mol. The van der Waals surface area contributed by atoms with E-state index in [2.05, 4.69) is 10.3 Å². The number of carbonyl (C=O) groups excluding carboxylic acids is 1. The van der Waals surface area contributed by atoms with E-state index in [0.717, 1.165) is 27.4 Å². The van der Waals surface area contributed by atoms with Gasteiger partial charge in [0.05, 0.1) is 28.7 Å². The number of hydrogen-bond acceptors (Lipinski definition) is 5. The van der Waals surface area contributed by atoms with Gasteiger partial charge in [-0.25, -0.2) is 4.98 Å². The third-order valence-corrected chi connectivity index (χ3v) is 4.70. The second-order valence-electron chi connectivity index (χ2n) is 4.13. The molecular formula is C12H12N2O2S2. The first-order valence-electron chi connectivity index (χ1n) is 5.65. The van der Waals surface area contributed by atoms with Crippen LogP contribution in [-0.2, 0) is 17.8 Å². The highest BCUT2D eigenvalue weighted by Crippen LogP contribution is 2.27. The molecular weight excluding hydrogens is 268 g/mol. The SMILES string of the molecule is Cc1csc(C(=O)Nc2nc3c(s2)COCC3)c1. The van der Waals surface area contributed by atoms with Crippen LogP contribution in [0.1, 0.15) is 25.8 Å². The summed E-state index contributed by atoms with van der Waals surface area (Å²) in [5.74, 6) is -0.0832. The van der Waals surface area contributed by atoms with Crippen LogP contribution >= 0.6 is 22.7 Å². The molecule has 0 fully saturated rings. The molecule has 6 heteroatoms. The normalized spacial score (nSPS) is 14.3. The van der Waals surface area contributed by atoms with Crippen molar-refractivity contribution in [1.29, 1.82) is 0 Å². The van der Waals surface area contributed by atoms with Gasteiger partial charge in [0, 0.05) is 6.42 Å². The average Bonchev–Trinajstić information content (AvgIpc) is 2.94. The number of fused-ring (bicyclic) bond motifs is 1. The fourth-order valence-electron chi connectivity index (χ4n) is 1.79. The smallest absolute Gasteiger partial charge is 0.267 e. The van der Waals surface area contributed by atoms with Gasteiger partial charge < -0.3 is 4.74 Å². The molecule has 0 atom stereocenters. The van der Waals surface area contributed by atoms with E-state index in [1.807, 2.05) is 18.4 Å².